The van der Waals surface area contributed by atoms with Crippen LogP contribution in [0.3, 0.4) is 0 Å². The van der Waals surface area contributed by atoms with Gasteiger partial charge in [-0.15, -0.1) is 8.87 Å². The fourth-order valence-corrected chi connectivity index (χ4v) is 0.833. The van der Waals surface area contributed by atoms with Crippen molar-refractivity contribution < 1.29 is 26.3 Å². The Hall–Kier alpha value is -1.28. The Morgan fingerprint density at radius 3 is 2.25 bits per heavy atom. The van der Waals surface area contributed by atoms with Crippen LogP contribution in [0.4, 0.5) is 3.89 Å². The van der Waals surface area contributed by atoms with Gasteiger partial charge in [-0.25, -0.2) is 13.2 Å². The Labute approximate surface area is 92.2 Å². The van der Waals surface area contributed by atoms with E-state index in [4.69, 9.17) is 17.4 Å². The van der Waals surface area contributed by atoms with Crippen molar-refractivity contribution in [2.75, 3.05) is 0 Å². The summed E-state index contributed by atoms with van der Waals surface area (Å²) < 4.78 is 40.6. The number of aryl methyl sites for hydroxylation is 1. The van der Waals surface area contributed by atoms with E-state index in [2.05, 4.69) is 4.98 Å². The SMILES string of the molecule is Cc1cc(=O)[nH+]c(C(C)C)o1.O=S(=O)([O-])F. The molecule has 92 valence electrons. The molecule has 6 nitrogen and oxygen atoms in total. The first-order chi connectivity index (χ1) is 7.09. The molecular weight excluding hydrogens is 241 g/mol. The smallest absolute Gasteiger partial charge is 0.416 e. The third-order valence-electron chi connectivity index (χ3n) is 1.38. The van der Waals surface area contributed by atoms with Gasteiger partial charge in [0, 0.05) is 0 Å². The normalized spacial score (nSPS) is 10.9. The second-order valence-electron chi connectivity index (χ2n) is 3.26. The minimum Gasteiger partial charge on any atom is -0.722 e. The zero-order chi connectivity index (χ0) is 12.9. The molecule has 0 saturated carbocycles. The molecule has 1 aromatic rings. The van der Waals surface area contributed by atoms with Gasteiger partial charge in [0.2, 0.25) is 0 Å². The van der Waals surface area contributed by atoms with Crippen molar-refractivity contribution in [3.8, 4) is 0 Å². The molecule has 0 aliphatic rings. The van der Waals surface area contributed by atoms with Crippen LogP contribution in [0.15, 0.2) is 15.3 Å². The lowest BCUT2D eigenvalue weighted by atomic mass is 10.2. The Bertz CT molecular complexity index is 485. The van der Waals surface area contributed by atoms with E-state index in [9.17, 15) is 8.68 Å². The second-order valence-corrected chi connectivity index (χ2v) is 4.04. The predicted octanol–water partition coefficient (Wildman–Crippen LogP) is 0.302. The van der Waals surface area contributed by atoms with Gasteiger partial charge in [-0.2, -0.15) is 0 Å². The van der Waals surface area contributed by atoms with E-state index in [0.717, 1.165) is 0 Å². The van der Waals surface area contributed by atoms with Gasteiger partial charge < -0.3 is 8.97 Å². The van der Waals surface area contributed by atoms with Crippen LogP contribution in [-0.4, -0.2) is 13.0 Å². The molecule has 0 aliphatic carbocycles. The number of aromatic amines is 1. The molecule has 0 unspecified atom stereocenters. The van der Waals surface area contributed by atoms with Crippen molar-refractivity contribution in [1.82, 2.24) is 0 Å². The van der Waals surface area contributed by atoms with Crippen LogP contribution in [0.2, 0.25) is 0 Å². The second kappa shape index (κ2) is 5.71. The van der Waals surface area contributed by atoms with Crippen molar-refractivity contribution in [3.63, 3.8) is 0 Å². The van der Waals surface area contributed by atoms with E-state index in [1.54, 1.807) is 6.92 Å². The zero-order valence-electron chi connectivity index (χ0n) is 8.98. The summed E-state index contributed by atoms with van der Waals surface area (Å²) in [7, 11) is -5.42. The lowest BCUT2D eigenvalue weighted by Gasteiger charge is -1.95. The van der Waals surface area contributed by atoms with Crippen LogP contribution in [0.25, 0.3) is 0 Å². The molecule has 0 atom stereocenters. The van der Waals surface area contributed by atoms with E-state index in [0.29, 0.717) is 11.7 Å². The highest BCUT2D eigenvalue weighted by atomic mass is 32.3. The molecular formula is C8H12FNO5S. The summed E-state index contributed by atoms with van der Waals surface area (Å²) in [4.78, 5) is 13.5. The predicted molar refractivity (Wildman–Crippen MR) is 51.2 cm³/mol. The molecule has 16 heavy (non-hydrogen) atoms. The van der Waals surface area contributed by atoms with Gasteiger partial charge in [0.25, 0.3) is 10.5 Å². The molecule has 0 aromatic carbocycles. The van der Waals surface area contributed by atoms with Crippen LogP contribution in [0.1, 0.15) is 31.4 Å². The van der Waals surface area contributed by atoms with Gasteiger partial charge in [0.05, 0.1) is 12.0 Å². The number of hydrogen-bond donors (Lipinski definition) is 0. The van der Waals surface area contributed by atoms with Gasteiger partial charge in [-0.1, -0.05) is 0 Å². The number of aromatic nitrogens is 1. The van der Waals surface area contributed by atoms with E-state index in [-0.39, 0.29) is 11.5 Å². The summed E-state index contributed by atoms with van der Waals surface area (Å²) in [5.41, 5.74) is -0.0996. The average Bonchev–Trinajstić information content (AvgIpc) is 1.98. The number of halogens is 1. The van der Waals surface area contributed by atoms with Crippen LogP contribution in [-0.2, 0) is 10.5 Å². The maximum Gasteiger partial charge on any atom is 0.416 e. The summed E-state index contributed by atoms with van der Waals surface area (Å²) in [6, 6.07) is 1.44. The Morgan fingerprint density at radius 2 is 1.94 bits per heavy atom. The van der Waals surface area contributed by atoms with Crippen LogP contribution in [0.5, 0.6) is 0 Å². The van der Waals surface area contributed by atoms with E-state index in [1.807, 2.05) is 13.8 Å². The van der Waals surface area contributed by atoms with Gasteiger partial charge in [0.15, 0.2) is 0 Å². The first-order valence-corrected chi connectivity index (χ1v) is 5.60. The molecule has 0 aliphatic heterocycles. The first-order valence-electron chi connectivity index (χ1n) is 4.29. The summed E-state index contributed by atoms with van der Waals surface area (Å²) in [6.07, 6.45) is 0. The molecule has 1 aromatic heterocycles. The summed E-state index contributed by atoms with van der Waals surface area (Å²) in [6.45, 7) is 5.70. The largest absolute Gasteiger partial charge is 0.722 e. The van der Waals surface area contributed by atoms with Crippen molar-refractivity contribution in [2.24, 2.45) is 0 Å². The number of H-pyrrole nitrogens is 1. The molecule has 1 rings (SSSR count). The highest BCUT2D eigenvalue weighted by Gasteiger charge is 2.11. The minimum atomic E-state index is -5.42. The summed E-state index contributed by atoms with van der Waals surface area (Å²) >= 11 is 0. The van der Waals surface area contributed by atoms with E-state index < -0.39 is 10.5 Å². The lowest BCUT2D eigenvalue weighted by molar-refractivity contribution is -0.431. The molecule has 1 N–H and O–H groups in total. The number of rotatable bonds is 1. The topological polar surface area (TPSA) is 102 Å². The molecule has 0 spiro atoms. The monoisotopic (exact) mass is 253 g/mol. The van der Waals surface area contributed by atoms with E-state index in [1.165, 1.54) is 6.07 Å². The van der Waals surface area contributed by atoms with Crippen molar-refractivity contribution in [1.29, 1.82) is 0 Å². The van der Waals surface area contributed by atoms with Gasteiger partial charge >= 0.3 is 11.4 Å². The van der Waals surface area contributed by atoms with Crippen LogP contribution >= 0.6 is 0 Å². The Balaban J connectivity index is 0.000000385. The molecule has 0 bridgehead atoms. The fraction of sp³-hybridized carbons (Fsp3) is 0.500. The summed E-state index contributed by atoms with van der Waals surface area (Å²) in [5, 5.41) is 0. The van der Waals surface area contributed by atoms with Crippen LogP contribution < -0.4 is 10.5 Å². The highest BCUT2D eigenvalue weighted by Crippen LogP contribution is 2.06. The first kappa shape index (κ1) is 14.7. The molecule has 8 heteroatoms. The maximum absolute atomic E-state index is 10.9. The third kappa shape index (κ3) is 8.06. The van der Waals surface area contributed by atoms with Crippen molar-refractivity contribution in [2.45, 2.75) is 26.7 Å². The Morgan fingerprint density at radius 1 is 1.50 bits per heavy atom. The lowest BCUT2D eigenvalue weighted by Crippen LogP contribution is -2.30. The number of nitrogens with one attached hydrogen (secondary N) is 1. The van der Waals surface area contributed by atoms with Crippen molar-refractivity contribution >= 4 is 10.5 Å². The summed E-state index contributed by atoms with van der Waals surface area (Å²) in [5.74, 6) is 1.51. The molecule has 1 heterocycles. The minimum absolute atomic E-state index is 0.0996. The average molecular weight is 253 g/mol. The third-order valence-corrected chi connectivity index (χ3v) is 1.38. The van der Waals surface area contributed by atoms with Gasteiger partial charge in [-0.3, -0.25) is 0 Å². The molecule has 0 radical (unpaired) electrons. The quantitative estimate of drug-likeness (QED) is 0.529. The standard InChI is InChI=1S/C8H11NO2.FHO3S/c1-5(2)8-9-7(10)4-6(3)11-8;1-5(2,3)4/h4-5H,1-3H3;(H,2,3,4). The molecule has 0 saturated heterocycles. The van der Waals surface area contributed by atoms with Gasteiger partial charge in [-0.05, 0) is 20.8 Å². The van der Waals surface area contributed by atoms with Gasteiger partial charge in [0.1, 0.15) is 5.76 Å². The highest BCUT2D eigenvalue weighted by molar-refractivity contribution is 7.80. The number of hydrogen-bond acceptors (Lipinski definition) is 5. The van der Waals surface area contributed by atoms with E-state index >= 15 is 0 Å². The van der Waals surface area contributed by atoms with Crippen LogP contribution in [0, 0.1) is 6.92 Å². The zero-order valence-corrected chi connectivity index (χ0v) is 9.80. The molecule has 0 fully saturated rings. The maximum atomic E-state index is 10.9. The fourth-order valence-electron chi connectivity index (χ4n) is 0.833. The Kier molecular flexibility index (Phi) is 5.25. The molecule has 0 amide bonds. The van der Waals surface area contributed by atoms with Crippen molar-refractivity contribution in [3.05, 3.63) is 28.1 Å².